The summed E-state index contributed by atoms with van der Waals surface area (Å²) in [5, 5.41) is 2.85. The largest absolute Gasteiger partial charge is 0.348 e. The van der Waals surface area contributed by atoms with E-state index in [2.05, 4.69) is 10.0 Å². The topological polar surface area (TPSA) is 113 Å². The summed E-state index contributed by atoms with van der Waals surface area (Å²) in [5.74, 6) is -0.381. The third-order valence-electron chi connectivity index (χ3n) is 5.20. The highest BCUT2D eigenvalue weighted by molar-refractivity contribution is 7.92. The number of rotatable bonds is 6. The molecule has 10 heteroatoms. The zero-order valence-corrected chi connectivity index (χ0v) is 19.4. The molecule has 2 aromatic carbocycles. The van der Waals surface area contributed by atoms with Crippen molar-refractivity contribution in [3.05, 3.63) is 59.2 Å². The van der Waals surface area contributed by atoms with E-state index in [-0.39, 0.29) is 34.6 Å². The number of sulfonamides is 2. The highest BCUT2D eigenvalue weighted by Crippen LogP contribution is 2.21. The van der Waals surface area contributed by atoms with E-state index in [0.717, 1.165) is 11.8 Å². The Labute approximate surface area is 183 Å². The summed E-state index contributed by atoms with van der Waals surface area (Å²) in [6, 6.07) is 11.1. The lowest BCUT2D eigenvalue weighted by atomic mass is 10.1. The first-order valence-electron chi connectivity index (χ1n) is 9.92. The molecule has 0 bridgehead atoms. The number of amides is 1. The minimum absolute atomic E-state index is 0.186. The first kappa shape index (κ1) is 23.2. The second-order valence-corrected chi connectivity index (χ2v) is 11.5. The molecule has 1 saturated heterocycles. The van der Waals surface area contributed by atoms with Gasteiger partial charge in [-0.3, -0.25) is 9.52 Å². The second kappa shape index (κ2) is 8.97. The van der Waals surface area contributed by atoms with Crippen molar-refractivity contribution in [2.45, 2.75) is 37.6 Å². The van der Waals surface area contributed by atoms with Gasteiger partial charge in [-0.05, 0) is 62.1 Å². The number of piperidine rings is 1. The molecule has 0 saturated carbocycles. The van der Waals surface area contributed by atoms with E-state index in [4.69, 9.17) is 0 Å². The van der Waals surface area contributed by atoms with E-state index in [9.17, 15) is 21.6 Å². The minimum Gasteiger partial charge on any atom is -0.348 e. The van der Waals surface area contributed by atoms with Gasteiger partial charge in [0.15, 0.2) is 0 Å². The van der Waals surface area contributed by atoms with Crippen LogP contribution in [0.1, 0.15) is 34.3 Å². The van der Waals surface area contributed by atoms with E-state index < -0.39 is 20.0 Å². The van der Waals surface area contributed by atoms with E-state index in [0.29, 0.717) is 24.9 Å². The van der Waals surface area contributed by atoms with E-state index in [1.54, 1.807) is 37.3 Å². The normalized spacial score (nSPS) is 17.8. The van der Waals surface area contributed by atoms with Gasteiger partial charge in [0.05, 0.1) is 11.2 Å². The zero-order chi connectivity index (χ0) is 22.8. The molecule has 0 aliphatic carbocycles. The molecule has 1 aliphatic heterocycles. The summed E-state index contributed by atoms with van der Waals surface area (Å²) in [6.07, 6.45) is 2.49. The Morgan fingerprint density at radius 3 is 2.52 bits per heavy atom. The molecule has 1 fully saturated rings. The van der Waals surface area contributed by atoms with Gasteiger partial charge in [0.25, 0.3) is 15.9 Å². The fraction of sp³-hybridized carbons (Fsp3) is 0.381. The van der Waals surface area contributed by atoms with Crippen LogP contribution in [-0.4, -0.2) is 52.4 Å². The quantitative estimate of drug-likeness (QED) is 0.680. The molecule has 2 N–H and O–H groups in total. The molecule has 31 heavy (non-hydrogen) atoms. The number of carbonyl (C=O) groups excluding carboxylic acids is 1. The van der Waals surface area contributed by atoms with Crippen molar-refractivity contribution in [3.8, 4) is 0 Å². The predicted molar refractivity (Wildman–Crippen MR) is 120 cm³/mol. The van der Waals surface area contributed by atoms with Crippen LogP contribution < -0.4 is 10.0 Å². The van der Waals surface area contributed by atoms with E-state index in [1.165, 1.54) is 10.4 Å². The molecule has 0 spiro atoms. The number of carbonyl (C=O) groups is 1. The molecule has 2 aromatic rings. The molecule has 1 unspecified atom stereocenters. The third-order valence-corrected chi connectivity index (χ3v) is 7.99. The standard InChI is InChI=1S/C21H27N3O5S2/c1-15-9-10-16(2)20(12-15)31(28,29)23-18-7-4-6-17(13-18)21(25)22-19-8-5-11-24(14-19)30(3,26)27/h4,6-7,9-10,12-13,19,23H,5,8,11,14H2,1-3H3,(H,22,25). The van der Waals surface area contributed by atoms with E-state index >= 15 is 0 Å². The fourth-order valence-electron chi connectivity index (χ4n) is 3.56. The number of benzene rings is 2. The van der Waals surface area contributed by atoms with Crippen LogP contribution >= 0.6 is 0 Å². The number of anilines is 1. The Bertz CT molecular complexity index is 1190. The van der Waals surface area contributed by atoms with Crippen LogP contribution in [-0.2, 0) is 20.0 Å². The van der Waals surface area contributed by atoms with Gasteiger partial charge in [-0.15, -0.1) is 0 Å². The molecule has 0 radical (unpaired) electrons. The van der Waals surface area contributed by atoms with Crippen molar-refractivity contribution in [2.24, 2.45) is 0 Å². The fourth-order valence-corrected chi connectivity index (χ4v) is 5.85. The SMILES string of the molecule is Cc1ccc(C)c(S(=O)(=O)Nc2cccc(C(=O)NC3CCCN(S(C)(=O)=O)C3)c2)c1. The molecule has 1 aliphatic rings. The minimum atomic E-state index is -3.81. The van der Waals surface area contributed by atoms with Gasteiger partial charge in [0, 0.05) is 30.4 Å². The van der Waals surface area contributed by atoms with Gasteiger partial charge in [-0.2, -0.15) is 0 Å². The van der Waals surface area contributed by atoms with Crippen LogP contribution in [0.25, 0.3) is 0 Å². The number of nitrogens with zero attached hydrogens (tertiary/aromatic N) is 1. The van der Waals surface area contributed by atoms with Gasteiger partial charge in [0.2, 0.25) is 10.0 Å². The van der Waals surface area contributed by atoms with Gasteiger partial charge < -0.3 is 5.32 Å². The number of hydrogen-bond donors (Lipinski definition) is 2. The maximum absolute atomic E-state index is 12.8. The van der Waals surface area contributed by atoms with Crippen molar-refractivity contribution >= 4 is 31.6 Å². The van der Waals surface area contributed by atoms with Crippen LogP contribution in [0.5, 0.6) is 0 Å². The van der Waals surface area contributed by atoms with Gasteiger partial charge >= 0.3 is 0 Å². The highest BCUT2D eigenvalue weighted by atomic mass is 32.2. The van der Waals surface area contributed by atoms with Crippen LogP contribution in [0.4, 0.5) is 5.69 Å². The molecule has 0 aromatic heterocycles. The zero-order valence-electron chi connectivity index (χ0n) is 17.8. The Balaban J connectivity index is 1.74. The lowest BCUT2D eigenvalue weighted by molar-refractivity contribution is 0.0921. The first-order valence-corrected chi connectivity index (χ1v) is 13.2. The van der Waals surface area contributed by atoms with Crippen molar-refractivity contribution < 1.29 is 21.6 Å². The Hall–Kier alpha value is -2.43. The van der Waals surface area contributed by atoms with Crippen molar-refractivity contribution in [3.63, 3.8) is 0 Å². The number of hydrogen-bond acceptors (Lipinski definition) is 5. The second-order valence-electron chi connectivity index (χ2n) is 7.89. The first-order chi connectivity index (χ1) is 14.5. The molecule has 1 amide bonds. The van der Waals surface area contributed by atoms with Crippen molar-refractivity contribution in [2.75, 3.05) is 24.1 Å². The van der Waals surface area contributed by atoms with Gasteiger partial charge in [0.1, 0.15) is 0 Å². The summed E-state index contributed by atoms with van der Waals surface area (Å²) in [7, 11) is -7.13. The van der Waals surface area contributed by atoms with E-state index in [1.807, 2.05) is 13.0 Å². The average molecular weight is 466 g/mol. The maximum Gasteiger partial charge on any atom is 0.262 e. The molecule has 1 atom stereocenters. The predicted octanol–water partition coefficient (Wildman–Crippen LogP) is 2.26. The van der Waals surface area contributed by atoms with Crippen LogP contribution in [0, 0.1) is 13.8 Å². The van der Waals surface area contributed by atoms with Crippen molar-refractivity contribution in [1.29, 1.82) is 0 Å². The summed E-state index contributed by atoms with van der Waals surface area (Å²) >= 11 is 0. The van der Waals surface area contributed by atoms with Crippen LogP contribution in [0.3, 0.4) is 0 Å². The van der Waals surface area contributed by atoms with Gasteiger partial charge in [-0.1, -0.05) is 18.2 Å². The summed E-state index contributed by atoms with van der Waals surface area (Å²) in [4.78, 5) is 12.9. The monoisotopic (exact) mass is 465 g/mol. The molecule has 8 nitrogen and oxygen atoms in total. The summed E-state index contributed by atoms with van der Waals surface area (Å²) in [6.45, 7) is 4.21. The molecular weight excluding hydrogens is 438 g/mol. The molecule has 3 rings (SSSR count). The smallest absolute Gasteiger partial charge is 0.262 e. The number of nitrogens with one attached hydrogen (secondary N) is 2. The molecule has 1 heterocycles. The Morgan fingerprint density at radius 1 is 1.06 bits per heavy atom. The van der Waals surface area contributed by atoms with Crippen LogP contribution in [0.2, 0.25) is 0 Å². The number of aryl methyl sites for hydroxylation is 2. The van der Waals surface area contributed by atoms with Gasteiger partial charge in [-0.25, -0.2) is 21.1 Å². The van der Waals surface area contributed by atoms with Crippen LogP contribution in [0.15, 0.2) is 47.4 Å². The Morgan fingerprint density at radius 2 is 1.81 bits per heavy atom. The van der Waals surface area contributed by atoms with Crippen molar-refractivity contribution in [1.82, 2.24) is 9.62 Å². The lowest BCUT2D eigenvalue weighted by Crippen LogP contribution is -2.49. The summed E-state index contributed by atoms with van der Waals surface area (Å²) in [5.41, 5.74) is 2.02. The Kier molecular flexibility index (Phi) is 6.73. The maximum atomic E-state index is 12.8. The molecular formula is C21H27N3O5S2. The average Bonchev–Trinajstić information content (AvgIpc) is 2.69. The third kappa shape index (κ3) is 5.84. The highest BCUT2D eigenvalue weighted by Gasteiger charge is 2.27. The lowest BCUT2D eigenvalue weighted by Gasteiger charge is -2.31. The summed E-state index contributed by atoms with van der Waals surface area (Å²) < 4.78 is 53.1. The molecule has 168 valence electrons.